The minimum Gasteiger partial charge on any atom is -0.391 e. The van der Waals surface area contributed by atoms with Crippen molar-refractivity contribution in [3.63, 3.8) is 0 Å². The maximum Gasteiger partial charge on any atom is 0.0755 e. The summed E-state index contributed by atoms with van der Waals surface area (Å²) < 4.78 is 0. The molecule has 17 heavy (non-hydrogen) atoms. The molecule has 1 atom stereocenters. The van der Waals surface area contributed by atoms with E-state index in [-0.39, 0.29) is 6.10 Å². The second-order valence-corrected chi connectivity index (χ2v) is 5.76. The summed E-state index contributed by atoms with van der Waals surface area (Å²) in [5.74, 6) is 1.57. The predicted molar refractivity (Wildman–Crippen MR) is 76.8 cm³/mol. The van der Waals surface area contributed by atoms with E-state index in [0.717, 1.165) is 22.1 Å². The first-order chi connectivity index (χ1) is 8.09. The second-order valence-electron chi connectivity index (χ2n) is 4.32. The molecule has 1 unspecified atom stereocenters. The number of hydrogen-bond acceptors (Lipinski definition) is 3. The number of halogens is 1. The fourth-order valence-corrected chi connectivity index (χ4v) is 2.61. The Hall–Kier alpha value is -0.220. The molecule has 0 spiro atoms. The average Bonchev–Trinajstić information content (AvgIpc) is 2.29. The Kier molecular flexibility index (Phi) is 6.97. The van der Waals surface area contributed by atoms with E-state index >= 15 is 0 Å². The van der Waals surface area contributed by atoms with Gasteiger partial charge in [-0.05, 0) is 11.6 Å². The molecule has 0 aromatic heterocycles. The second kappa shape index (κ2) is 7.98. The molecule has 0 radical (unpaired) electrons. The maximum absolute atomic E-state index is 9.73. The highest BCUT2D eigenvalue weighted by Crippen LogP contribution is 2.20. The van der Waals surface area contributed by atoms with E-state index in [4.69, 9.17) is 11.6 Å². The lowest BCUT2D eigenvalue weighted by molar-refractivity contribution is 0.192. The maximum atomic E-state index is 9.73. The highest BCUT2D eigenvalue weighted by atomic mass is 35.5. The summed E-state index contributed by atoms with van der Waals surface area (Å²) in [6, 6.07) is 8.25. The van der Waals surface area contributed by atoms with Crippen LogP contribution < -0.4 is 5.32 Å². The lowest BCUT2D eigenvalue weighted by atomic mass is 10.2. The third kappa shape index (κ3) is 6.32. The number of benzene rings is 1. The van der Waals surface area contributed by atoms with Crippen LogP contribution in [0.25, 0.3) is 0 Å². The van der Waals surface area contributed by atoms with Crippen LogP contribution in [-0.2, 0) is 5.75 Å². The molecule has 0 saturated carbocycles. The first kappa shape index (κ1) is 14.8. The smallest absolute Gasteiger partial charge is 0.0755 e. The van der Waals surface area contributed by atoms with Crippen molar-refractivity contribution >= 4 is 23.4 Å². The Bertz CT molecular complexity index is 333. The predicted octanol–water partition coefficient (Wildman–Crippen LogP) is 2.93. The van der Waals surface area contributed by atoms with Crippen LogP contribution in [0, 0.1) is 0 Å². The molecule has 0 amide bonds. The van der Waals surface area contributed by atoms with Gasteiger partial charge in [0.15, 0.2) is 0 Å². The first-order valence-corrected chi connectivity index (χ1v) is 7.35. The summed E-state index contributed by atoms with van der Waals surface area (Å²) >= 11 is 7.76. The van der Waals surface area contributed by atoms with Crippen LogP contribution in [0.2, 0.25) is 5.02 Å². The van der Waals surface area contributed by atoms with E-state index in [2.05, 4.69) is 19.2 Å². The van der Waals surface area contributed by atoms with Gasteiger partial charge in [0.05, 0.1) is 6.10 Å². The minimum absolute atomic E-state index is 0.301. The molecular formula is C13H20ClNOS. The molecule has 0 aliphatic heterocycles. The van der Waals surface area contributed by atoms with Crippen LogP contribution in [0.1, 0.15) is 19.4 Å². The molecule has 1 aromatic carbocycles. The summed E-state index contributed by atoms with van der Waals surface area (Å²) in [6.45, 7) is 4.79. The standard InChI is InChI=1S/C13H20ClNOS/c1-10(2)15-7-12(16)9-17-8-11-5-3-4-6-13(11)14/h3-6,10,12,15-16H,7-9H2,1-2H3. The van der Waals surface area contributed by atoms with E-state index in [1.807, 2.05) is 24.3 Å². The van der Waals surface area contributed by atoms with Crippen molar-refractivity contribution in [2.75, 3.05) is 12.3 Å². The van der Waals surface area contributed by atoms with Gasteiger partial charge in [0.2, 0.25) is 0 Å². The highest BCUT2D eigenvalue weighted by Gasteiger charge is 2.06. The van der Waals surface area contributed by atoms with E-state index in [9.17, 15) is 5.11 Å². The van der Waals surface area contributed by atoms with Crippen molar-refractivity contribution in [2.45, 2.75) is 31.7 Å². The Balaban J connectivity index is 2.21. The fraction of sp³-hybridized carbons (Fsp3) is 0.538. The first-order valence-electron chi connectivity index (χ1n) is 5.82. The van der Waals surface area contributed by atoms with Gasteiger partial charge in [-0.2, -0.15) is 11.8 Å². The van der Waals surface area contributed by atoms with Crippen LogP contribution >= 0.6 is 23.4 Å². The minimum atomic E-state index is -0.301. The summed E-state index contributed by atoms with van der Waals surface area (Å²) in [6.07, 6.45) is -0.301. The average molecular weight is 274 g/mol. The van der Waals surface area contributed by atoms with Gasteiger partial charge in [-0.3, -0.25) is 0 Å². The number of thioether (sulfide) groups is 1. The van der Waals surface area contributed by atoms with Crippen molar-refractivity contribution in [1.82, 2.24) is 5.32 Å². The number of aliphatic hydroxyl groups is 1. The molecule has 2 nitrogen and oxygen atoms in total. The van der Waals surface area contributed by atoms with Crippen molar-refractivity contribution in [2.24, 2.45) is 0 Å². The molecule has 0 aliphatic rings. The summed E-state index contributed by atoms with van der Waals surface area (Å²) in [5, 5.41) is 13.7. The van der Waals surface area contributed by atoms with Gasteiger partial charge in [0.1, 0.15) is 0 Å². The van der Waals surface area contributed by atoms with Gasteiger partial charge in [0, 0.05) is 29.1 Å². The Morgan fingerprint density at radius 3 is 2.71 bits per heavy atom. The van der Waals surface area contributed by atoms with E-state index in [0.29, 0.717) is 12.6 Å². The van der Waals surface area contributed by atoms with Crippen molar-refractivity contribution < 1.29 is 5.11 Å². The molecular weight excluding hydrogens is 254 g/mol. The SMILES string of the molecule is CC(C)NCC(O)CSCc1ccccc1Cl. The Morgan fingerprint density at radius 2 is 2.06 bits per heavy atom. The van der Waals surface area contributed by atoms with E-state index in [1.54, 1.807) is 11.8 Å². The molecule has 2 N–H and O–H groups in total. The summed E-state index contributed by atoms with van der Waals surface area (Å²) in [7, 11) is 0. The van der Waals surface area contributed by atoms with Crippen molar-refractivity contribution in [3.8, 4) is 0 Å². The van der Waals surface area contributed by atoms with Gasteiger partial charge >= 0.3 is 0 Å². The van der Waals surface area contributed by atoms with Gasteiger partial charge < -0.3 is 10.4 Å². The normalized spacial score (nSPS) is 13.0. The largest absolute Gasteiger partial charge is 0.391 e. The molecule has 96 valence electrons. The number of nitrogens with one attached hydrogen (secondary N) is 1. The molecule has 1 rings (SSSR count). The van der Waals surface area contributed by atoms with Crippen molar-refractivity contribution in [3.05, 3.63) is 34.9 Å². The van der Waals surface area contributed by atoms with Crippen LogP contribution in [0.15, 0.2) is 24.3 Å². The zero-order valence-electron chi connectivity index (χ0n) is 10.3. The highest BCUT2D eigenvalue weighted by molar-refractivity contribution is 7.98. The summed E-state index contributed by atoms with van der Waals surface area (Å²) in [5.41, 5.74) is 1.13. The summed E-state index contributed by atoms with van der Waals surface area (Å²) in [4.78, 5) is 0. The van der Waals surface area contributed by atoms with Crippen LogP contribution in [0.4, 0.5) is 0 Å². The molecule has 0 saturated heterocycles. The van der Waals surface area contributed by atoms with Crippen LogP contribution in [0.3, 0.4) is 0 Å². The lowest BCUT2D eigenvalue weighted by Crippen LogP contribution is -2.33. The van der Waals surface area contributed by atoms with E-state index < -0.39 is 0 Å². The number of hydrogen-bond donors (Lipinski definition) is 2. The lowest BCUT2D eigenvalue weighted by Gasteiger charge is -2.13. The van der Waals surface area contributed by atoms with Gasteiger partial charge in [-0.25, -0.2) is 0 Å². The van der Waals surface area contributed by atoms with Gasteiger partial charge in [-0.15, -0.1) is 0 Å². The third-order valence-electron chi connectivity index (χ3n) is 2.29. The van der Waals surface area contributed by atoms with E-state index in [1.165, 1.54) is 0 Å². The fourth-order valence-electron chi connectivity index (χ4n) is 1.35. The zero-order chi connectivity index (χ0) is 12.7. The molecule has 0 fully saturated rings. The molecule has 0 heterocycles. The van der Waals surface area contributed by atoms with Crippen molar-refractivity contribution in [1.29, 1.82) is 0 Å². The quantitative estimate of drug-likeness (QED) is 0.801. The van der Waals surface area contributed by atoms with Gasteiger partial charge in [-0.1, -0.05) is 43.6 Å². The van der Waals surface area contributed by atoms with Crippen LogP contribution in [-0.4, -0.2) is 29.5 Å². The number of rotatable bonds is 7. The van der Waals surface area contributed by atoms with Gasteiger partial charge in [0.25, 0.3) is 0 Å². The Morgan fingerprint density at radius 1 is 1.35 bits per heavy atom. The molecule has 0 aliphatic carbocycles. The topological polar surface area (TPSA) is 32.3 Å². The molecule has 0 bridgehead atoms. The molecule has 4 heteroatoms. The monoisotopic (exact) mass is 273 g/mol. The zero-order valence-corrected chi connectivity index (χ0v) is 11.9. The third-order valence-corrected chi connectivity index (χ3v) is 3.79. The Labute approximate surface area is 113 Å². The molecule has 1 aromatic rings. The number of aliphatic hydroxyl groups excluding tert-OH is 1. The van der Waals surface area contributed by atoms with Crippen LogP contribution in [0.5, 0.6) is 0 Å².